The summed E-state index contributed by atoms with van der Waals surface area (Å²) in [6.45, 7) is 9.30. The van der Waals surface area contributed by atoms with Crippen molar-refractivity contribution in [3.63, 3.8) is 0 Å². The molecule has 0 aliphatic heterocycles. The zero-order chi connectivity index (χ0) is 17.1. The van der Waals surface area contributed by atoms with E-state index in [2.05, 4.69) is 77.0 Å². The van der Waals surface area contributed by atoms with Crippen molar-refractivity contribution in [2.45, 2.75) is 53.4 Å². The minimum Gasteiger partial charge on any atom is -1.00 e. The van der Waals surface area contributed by atoms with Gasteiger partial charge < -0.3 is 24.8 Å². The topological polar surface area (TPSA) is 0 Å². The average molecular weight is 572 g/mol. The SMILES string of the molecule is CC(C)C1[CH-]C2=CC=CCC2C1.CC(C)C1[CH-]C2=CC=CCC2C1.[Cl-].[Cl-].[Hf+4]. The van der Waals surface area contributed by atoms with Gasteiger partial charge in [-0.25, -0.2) is 36.1 Å². The Labute approximate surface area is 199 Å². The maximum atomic E-state index is 2.48. The molecule has 0 heterocycles. The number of allylic oxidation sites excluding steroid dienone is 8. The molecule has 0 N–H and O–H groups in total. The molecule has 4 aliphatic rings. The minimum atomic E-state index is 0. The van der Waals surface area contributed by atoms with E-state index in [1.165, 1.54) is 25.7 Å². The molecule has 0 saturated heterocycles. The molecule has 0 spiro atoms. The summed E-state index contributed by atoms with van der Waals surface area (Å²) in [6.07, 6.45) is 23.8. The Morgan fingerprint density at radius 1 is 0.741 bits per heavy atom. The van der Waals surface area contributed by atoms with E-state index in [0.717, 1.165) is 35.5 Å². The summed E-state index contributed by atoms with van der Waals surface area (Å²) < 4.78 is 0. The van der Waals surface area contributed by atoms with E-state index in [0.29, 0.717) is 0 Å². The zero-order valence-electron chi connectivity index (χ0n) is 17.2. The Hall–Kier alpha value is 0.150. The van der Waals surface area contributed by atoms with Crippen molar-refractivity contribution in [3.05, 3.63) is 60.4 Å². The van der Waals surface area contributed by atoms with Crippen LogP contribution < -0.4 is 24.8 Å². The molecule has 0 aromatic heterocycles. The molecule has 0 radical (unpaired) electrons. The number of rotatable bonds is 2. The predicted molar refractivity (Wildman–Crippen MR) is 105 cm³/mol. The molecule has 0 amide bonds. The maximum Gasteiger partial charge on any atom is 4.00 e. The number of halogens is 2. The third-order valence-corrected chi connectivity index (χ3v) is 6.27. The second kappa shape index (κ2) is 12.7. The fraction of sp³-hybridized carbons (Fsp3) is 0.583. The van der Waals surface area contributed by atoms with Crippen molar-refractivity contribution in [2.24, 2.45) is 35.5 Å². The largest absolute Gasteiger partial charge is 4.00 e. The smallest absolute Gasteiger partial charge is 1.00 e. The molecule has 4 unspecified atom stereocenters. The van der Waals surface area contributed by atoms with Gasteiger partial charge in [0.2, 0.25) is 0 Å². The first-order valence-electron chi connectivity index (χ1n) is 9.97. The summed E-state index contributed by atoms with van der Waals surface area (Å²) in [5.41, 5.74) is 3.19. The fourth-order valence-corrected chi connectivity index (χ4v) is 4.45. The molecule has 3 heteroatoms. The van der Waals surface area contributed by atoms with Crippen LogP contribution in [-0.2, 0) is 25.8 Å². The van der Waals surface area contributed by atoms with Crippen LogP contribution in [0, 0.1) is 48.3 Å². The van der Waals surface area contributed by atoms with E-state index >= 15 is 0 Å². The maximum absolute atomic E-state index is 2.48. The van der Waals surface area contributed by atoms with Crippen LogP contribution in [-0.4, -0.2) is 0 Å². The van der Waals surface area contributed by atoms with Crippen molar-refractivity contribution in [3.8, 4) is 0 Å². The summed E-state index contributed by atoms with van der Waals surface area (Å²) in [5.74, 6) is 5.00. The first-order valence-corrected chi connectivity index (χ1v) is 9.97. The Kier molecular flexibility index (Phi) is 12.7. The van der Waals surface area contributed by atoms with Gasteiger partial charge in [0.15, 0.2) is 0 Å². The molecule has 148 valence electrons. The van der Waals surface area contributed by atoms with E-state index in [1.807, 2.05) is 0 Å². The van der Waals surface area contributed by atoms with Gasteiger partial charge in [-0.15, -0.1) is 24.3 Å². The Morgan fingerprint density at radius 2 is 1.11 bits per heavy atom. The van der Waals surface area contributed by atoms with Crippen molar-refractivity contribution in [1.82, 2.24) is 0 Å². The van der Waals surface area contributed by atoms with Gasteiger partial charge in [0, 0.05) is 0 Å². The minimum absolute atomic E-state index is 0. The summed E-state index contributed by atoms with van der Waals surface area (Å²) in [7, 11) is 0. The number of hydrogen-bond donors (Lipinski definition) is 0. The van der Waals surface area contributed by atoms with Crippen LogP contribution in [0.25, 0.3) is 0 Å². The third-order valence-electron chi connectivity index (χ3n) is 6.27. The van der Waals surface area contributed by atoms with E-state index in [4.69, 9.17) is 0 Å². The molecule has 27 heavy (non-hydrogen) atoms. The second-order valence-electron chi connectivity index (χ2n) is 8.68. The van der Waals surface area contributed by atoms with Crippen molar-refractivity contribution < 1.29 is 50.7 Å². The predicted octanol–water partition coefficient (Wildman–Crippen LogP) is 0.744. The van der Waals surface area contributed by atoms with Crippen molar-refractivity contribution in [1.29, 1.82) is 0 Å². The average Bonchev–Trinajstić information content (AvgIpc) is 3.19. The molecule has 0 nitrogen and oxygen atoms in total. The third kappa shape index (κ3) is 7.16. The quantitative estimate of drug-likeness (QED) is 0.339. The van der Waals surface area contributed by atoms with Crippen molar-refractivity contribution >= 4 is 0 Å². The molecule has 4 aliphatic carbocycles. The van der Waals surface area contributed by atoms with Crippen LogP contribution in [0.3, 0.4) is 0 Å². The molecule has 0 bridgehead atoms. The van der Waals surface area contributed by atoms with Gasteiger partial charge in [-0.1, -0.05) is 64.2 Å². The van der Waals surface area contributed by atoms with E-state index in [1.54, 1.807) is 11.1 Å². The summed E-state index contributed by atoms with van der Waals surface area (Å²) in [5, 5.41) is 0. The van der Waals surface area contributed by atoms with E-state index < -0.39 is 0 Å². The summed E-state index contributed by atoms with van der Waals surface area (Å²) in [6, 6.07) is 0. The van der Waals surface area contributed by atoms with Crippen molar-refractivity contribution in [2.75, 3.05) is 0 Å². The molecular formula is C24H34Cl2Hf. The molecule has 4 atom stereocenters. The first-order chi connectivity index (χ1) is 11.5. The molecular weight excluding hydrogens is 538 g/mol. The monoisotopic (exact) mass is 572 g/mol. The number of hydrogen-bond acceptors (Lipinski definition) is 0. The van der Waals surface area contributed by atoms with Crippen LogP contribution in [0.1, 0.15) is 53.4 Å². The number of fused-ring (bicyclic) bond motifs is 2. The van der Waals surface area contributed by atoms with E-state index in [-0.39, 0.29) is 50.7 Å². The molecule has 2 saturated carbocycles. The standard InChI is InChI=1S/2C12H17.2ClH.Hf/c2*1-9(2)12-7-10-5-3-4-6-11(10)8-12;;;/h2*3-5,7,9,11-12H,6,8H2,1-2H3;2*1H;/q2*-1;;;+4/p-2. The molecule has 2 fully saturated rings. The molecule has 4 rings (SSSR count). The Bertz CT molecular complexity index is 507. The van der Waals surface area contributed by atoms with Gasteiger partial charge in [-0.05, 0) is 24.7 Å². The summed E-state index contributed by atoms with van der Waals surface area (Å²) in [4.78, 5) is 0. The normalized spacial score (nSPS) is 29.4. The molecule has 0 aromatic carbocycles. The molecule has 0 aromatic rings. The van der Waals surface area contributed by atoms with Gasteiger partial charge in [0.1, 0.15) is 0 Å². The van der Waals surface area contributed by atoms with Crippen LogP contribution >= 0.6 is 0 Å². The van der Waals surface area contributed by atoms with Crippen LogP contribution in [0.4, 0.5) is 0 Å². The van der Waals surface area contributed by atoms with Gasteiger partial charge >= 0.3 is 25.8 Å². The first kappa shape index (κ1) is 27.2. The van der Waals surface area contributed by atoms with E-state index in [9.17, 15) is 0 Å². The van der Waals surface area contributed by atoms with Crippen LogP contribution in [0.5, 0.6) is 0 Å². The van der Waals surface area contributed by atoms with Gasteiger partial charge in [0.05, 0.1) is 0 Å². The fourth-order valence-electron chi connectivity index (χ4n) is 4.45. The second-order valence-corrected chi connectivity index (χ2v) is 8.68. The summed E-state index contributed by atoms with van der Waals surface area (Å²) >= 11 is 0. The van der Waals surface area contributed by atoms with Gasteiger partial charge in [0.25, 0.3) is 0 Å². The van der Waals surface area contributed by atoms with Gasteiger partial charge in [-0.2, -0.15) is 0 Å². The zero-order valence-corrected chi connectivity index (χ0v) is 22.3. The van der Waals surface area contributed by atoms with Crippen LogP contribution in [0.2, 0.25) is 0 Å². The van der Waals surface area contributed by atoms with Gasteiger partial charge in [-0.3, -0.25) is 0 Å². The Morgan fingerprint density at radius 3 is 1.41 bits per heavy atom. The Balaban J connectivity index is 0.000000451. The van der Waals surface area contributed by atoms with Crippen LogP contribution in [0.15, 0.2) is 47.6 Å².